The first-order valence-corrected chi connectivity index (χ1v) is 9.29. The lowest BCUT2D eigenvalue weighted by molar-refractivity contribution is -0.0835. The molecule has 1 aromatic rings. The van der Waals surface area contributed by atoms with E-state index in [-0.39, 0.29) is 17.4 Å². The first-order valence-electron chi connectivity index (χ1n) is 9.29. The van der Waals surface area contributed by atoms with Gasteiger partial charge in [-0.2, -0.15) is 0 Å². The molecular weight excluding hydrogens is 332 g/mol. The van der Waals surface area contributed by atoms with Crippen LogP contribution in [0, 0.1) is 11.3 Å². The number of carbonyl (C=O) groups is 1. The Labute approximate surface area is 156 Å². The van der Waals surface area contributed by atoms with Gasteiger partial charge in [-0.3, -0.25) is 9.79 Å². The van der Waals surface area contributed by atoms with Crippen molar-refractivity contribution in [1.82, 2.24) is 16.0 Å². The van der Waals surface area contributed by atoms with Gasteiger partial charge in [0, 0.05) is 39.2 Å². The summed E-state index contributed by atoms with van der Waals surface area (Å²) in [4.78, 5) is 16.0. The monoisotopic (exact) mass is 364 g/mol. The van der Waals surface area contributed by atoms with E-state index in [1.165, 1.54) is 6.26 Å². The van der Waals surface area contributed by atoms with Crippen LogP contribution < -0.4 is 16.0 Å². The largest absolute Gasteiger partial charge is 0.459 e. The molecule has 146 valence electrons. The molecule has 0 bridgehead atoms. The highest BCUT2D eigenvalue weighted by atomic mass is 16.5. The third-order valence-corrected chi connectivity index (χ3v) is 4.50. The number of furan rings is 1. The molecule has 1 aliphatic heterocycles. The first kappa shape index (κ1) is 20.3. The quantitative estimate of drug-likeness (QED) is 0.408. The van der Waals surface area contributed by atoms with Gasteiger partial charge in [-0.25, -0.2) is 0 Å². The molecule has 1 fully saturated rings. The third kappa shape index (κ3) is 6.05. The van der Waals surface area contributed by atoms with E-state index in [0.717, 1.165) is 32.0 Å². The van der Waals surface area contributed by atoms with Crippen molar-refractivity contribution in [3.8, 4) is 0 Å². The molecule has 7 heteroatoms. The van der Waals surface area contributed by atoms with Crippen LogP contribution in [0.3, 0.4) is 0 Å². The zero-order valence-corrected chi connectivity index (χ0v) is 16.3. The summed E-state index contributed by atoms with van der Waals surface area (Å²) < 4.78 is 11.1. The van der Waals surface area contributed by atoms with Crippen LogP contribution in [0.15, 0.2) is 27.8 Å². The maximum absolute atomic E-state index is 11.8. The molecule has 1 amide bonds. The van der Waals surface area contributed by atoms with Gasteiger partial charge in [0.05, 0.1) is 12.4 Å². The van der Waals surface area contributed by atoms with Crippen molar-refractivity contribution in [2.45, 2.75) is 39.7 Å². The molecule has 2 unspecified atom stereocenters. The lowest BCUT2D eigenvalue weighted by Gasteiger charge is -2.40. The molecule has 7 nitrogen and oxygen atoms in total. The van der Waals surface area contributed by atoms with Crippen molar-refractivity contribution in [3.63, 3.8) is 0 Å². The van der Waals surface area contributed by atoms with Crippen molar-refractivity contribution >= 4 is 11.9 Å². The molecule has 1 saturated heterocycles. The Morgan fingerprint density at radius 3 is 2.69 bits per heavy atom. The Morgan fingerprint density at radius 2 is 2.04 bits per heavy atom. The Morgan fingerprint density at radius 1 is 1.27 bits per heavy atom. The zero-order chi connectivity index (χ0) is 19.0. The molecule has 3 N–H and O–H groups in total. The minimum Gasteiger partial charge on any atom is -0.459 e. The molecular formula is C19H32N4O3. The molecule has 0 aliphatic carbocycles. The second kappa shape index (κ2) is 9.62. The van der Waals surface area contributed by atoms with Crippen LogP contribution >= 0.6 is 0 Å². The van der Waals surface area contributed by atoms with Gasteiger partial charge in [-0.15, -0.1) is 0 Å². The van der Waals surface area contributed by atoms with Gasteiger partial charge < -0.3 is 25.1 Å². The minimum absolute atomic E-state index is 0.125. The molecule has 0 saturated carbocycles. The number of amides is 1. The number of guanidine groups is 1. The molecule has 2 atom stereocenters. The minimum atomic E-state index is -0.216. The summed E-state index contributed by atoms with van der Waals surface area (Å²) in [6.07, 6.45) is 3.99. The number of nitrogens with one attached hydrogen (secondary N) is 3. The van der Waals surface area contributed by atoms with Crippen LogP contribution in [0.2, 0.25) is 0 Å². The van der Waals surface area contributed by atoms with Crippen LogP contribution in [0.4, 0.5) is 0 Å². The highest BCUT2D eigenvalue weighted by Gasteiger charge is 2.35. The normalized spacial score (nSPS) is 21.3. The van der Waals surface area contributed by atoms with Crippen molar-refractivity contribution in [2.24, 2.45) is 16.3 Å². The van der Waals surface area contributed by atoms with E-state index in [1.54, 1.807) is 19.2 Å². The number of hydrogen-bond acceptors (Lipinski definition) is 4. The molecule has 1 aromatic heterocycles. The Bertz CT molecular complexity index is 578. The number of ether oxygens (including phenoxy) is 1. The van der Waals surface area contributed by atoms with E-state index in [0.29, 0.717) is 24.8 Å². The Kier molecular flexibility index (Phi) is 7.50. The number of hydrogen-bond donors (Lipinski definition) is 3. The third-order valence-electron chi connectivity index (χ3n) is 4.50. The summed E-state index contributed by atoms with van der Waals surface area (Å²) in [5.41, 5.74) is 0.125. The molecule has 0 radical (unpaired) electrons. The predicted octanol–water partition coefficient (Wildman–Crippen LogP) is 2.02. The van der Waals surface area contributed by atoms with Gasteiger partial charge in [-0.05, 0) is 30.4 Å². The average molecular weight is 364 g/mol. The van der Waals surface area contributed by atoms with Gasteiger partial charge >= 0.3 is 0 Å². The van der Waals surface area contributed by atoms with Gasteiger partial charge in [0.25, 0.3) is 5.91 Å². The van der Waals surface area contributed by atoms with Crippen LogP contribution in [0.5, 0.6) is 0 Å². The Balaban J connectivity index is 1.71. The topological polar surface area (TPSA) is 87.9 Å². The Hall–Kier alpha value is -2.02. The lowest BCUT2D eigenvalue weighted by Crippen LogP contribution is -2.48. The van der Waals surface area contributed by atoms with Crippen LogP contribution in [-0.2, 0) is 4.74 Å². The average Bonchev–Trinajstić information content (AvgIpc) is 3.15. The summed E-state index contributed by atoms with van der Waals surface area (Å²) in [7, 11) is 1.75. The van der Waals surface area contributed by atoms with Gasteiger partial charge in [0.2, 0.25) is 0 Å². The summed E-state index contributed by atoms with van der Waals surface area (Å²) in [6.45, 7) is 9.41. The highest BCUT2D eigenvalue weighted by Crippen LogP contribution is 2.33. The van der Waals surface area contributed by atoms with Crippen molar-refractivity contribution in [1.29, 1.82) is 0 Å². The maximum atomic E-state index is 11.8. The number of rotatable bonds is 6. The lowest BCUT2D eigenvalue weighted by atomic mass is 9.78. The van der Waals surface area contributed by atoms with Crippen LogP contribution in [-0.4, -0.2) is 51.3 Å². The molecule has 0 aromatic carbocycles. The van der Waals surface area contributed by atoms with E-state index in [1.807, 2.05) is 0 Å². The molecule has 2 heterocycles. The van der Waals surface area contributed by atoms with Crippen molar-refractivity contribution in [3.05, 3.63) is 24.2 Å². The SMILES string of the molecule is CN=C(NCCNC(=O)c1ccco1)NCC1CCCOC1C(C)(C)C. The van der Waals surface area contributed by atoms with E-state index in [2.05, 4.69) is 41.7 Å². The van der Waals surface area contributed by atoms with Gasteiger partial charge in [-0.1, -0.05) is 20.8 Å². The highest BCUT2D eigenvalue weighted by molar-refractivity contribution is 5.91. The number of nitrogens with zero attached hydrogens (tertiary/aromatic N) is 1. The fourth-order valence-corrected chi connectivity index (χ4v) is 3.31. The van der Waals surface area contributed by atoms with Crippen molar-refractivity contribution in [2.75, 3.05) is 33.3 Å². The van der Waals surface area contributed by atoms with E-state index >= 15 is 0 Å². The summed E-state index contributed by atoms with van der Waals surface area (Å²) in [5, 5.41) is 9.40. The van der Waals surface area contributed by atoms with E-state index in [4.69, 9.17) is 9.15 Å². The van der Waals surface area contributed by atoms with E-state index in [9.17, 15) is 4.79 Å². The summed E-state index contributed by atoms with van der Waals surface area (Å²) in [6, 6.07) is 3.33. The molecule has 26 heavy (non-hydrogen) atoms. The fourth-order valence-electron chi connectivity index (χ4n) is 3.31. The number of aliphatic imine (C=N–C) groups is 1. The molecule has 2 rings (SSSR count). The summed E-state index contributed by atoms with van der Waals surface area (Å²) >= 11 is 0. The van der Waals surface area contributed by atoms with Crippen molar-refractivity contribution < 1.29 is 13.9 Å². The van der Waals surface area contributed by atoms with E-state index < -0.39 is 0 Å². The standard InChI is InChI=1S/C19H32N4O3/c1-19(2,3)16-14(7-5-12-26-16)13-23-18(20-4)22-10-9-21-17(24)15-8-6-11-25-15/h6,8,11,14,16H,5,7,9-10,12-13H2,1-4H3,(H,21,24)(H2,20,22,23). The smallest absolute Gasteiger partial charge is 0.287 e. The number of carbonyl (C=O) groups excluding carboxylic acids is 1. The second-order valence-corrected chi connectivity index (χ2v) is 7.67. The van der Waals surface area contributed by atoms with Gasteiger partial charge in [0.1, 0.15) is 0 Å². The predicted molar refractivity (Wildman–Crippen MR) is 102 cm³/mol. The summed E-state index contributed by atoms with van der Waals surface area (Å²) in [5.74, 6) is 1.29. The first-order chi connectivity index (χ1) is 12.4. The molecule has 0 spiro atoms. The van der Waals surface area contributed by atoms with Gasteiger partial charge in [0.15, 0.2) is 11.7 Å². The zero-order valence-electron chi connectivity index (χ0n) is 16.3. The molecule has 1 aliphatic rings. The fraction of sp³-hybridized carbons (Fsp3) is 0.684. The van der Waals surface area contributed by atoms with Crippen LogP contribution in [0.1, 0.15) is 44.2 Å². The second-order valence-electron chi connectivity index (χ2n) is 7.67. The maximum Gasteiger partial charge on any atom is 0.287 e. The van der Waals surface area contributed by atoms with Crippen LogP contribution in [0.25, 0.3) is 0 Å².